The molecule has 0 aromatic rings. The summed E-state index contributed by atoms with van der Waals surface area (Å²) in [7, 11) is 0. The summed E-state index contributed by atoms with van der Waals surface area (Å²) in [5.41, 5.74) is 0. The average Bonchev–Trinajstić information content (AvgIpc) is 2.29. The van der Waals surface area contributed by atoms with E-state index in [1.54, 1.807) is 6.92 Å². The van der Waals surface area contributed by atoms with Crippen LogP contribution in [0, 0.1) is 5.92 Å². The number of likely N-dealkylation sites (tertiary alicyclic amines) is 1. The highest BCUT2D eigenvalue weighted by Crippen LogP contribution is 2.14. The van der Waals surface area contributed by atoms with Gasteiger partial charge in [-0.2, -0.15) is 0 Å². The minimum atomic E-state index is -0.451. The Hall–Kier alpha value is -1.14. The fraction of sp³-hybridized carbons (Fsp3) is 0.818. The van der Waals surface area contributed by atoms with Crippen LogP contribution in [0.25, 0.3) is 0 Å². The van der Waals surface area contributed by atoms with Crippen LogP contribution >= 0.6 is 0 Å². The molecule has 1 aliphatic rings. The predicted octanol–water partition coefficient (Wildman–Crippen LogP) is -0.464. The van der Waals surface area contributed by atoms with Gasteiger partial charge in [-0.1, -0.05) is 0 Å². The summed E-state index contributed by atoms with van der Waals surface area (Å²) in [6, 6.07) is -0.451. The lowest BCUT2D eigenvalue weighted by molar-refractivity contribution is -0.121. The van der Waals surface area contributed by atoms with Gasteiger partial charge in [0.2, 0.25) is 5.91 Å². The Labute approximate surface area is 101 Å². The minimum absolute atomic E-state index is 0.161. The van der Waals surface area contributed by atoms with Gasteiger partial charge in [0.1, 0.15) is 0 Å². The third-order valence-corrected chi connectivity index (χ3v) is 2.82. The first-order valence-corrected chi connectivity index (χ1v) is 6.06. The molecule has 0 aromatic heterocycles. The molecule has 6 heteroatoms. The van der Waals surface area contributed by atoms with Gasteiger partial charge in [-0.05, 0) is 32.2 Å². The topological polar surface area (TPSA) is 81.7 Å². The third-order valence-electron chi connectivity index (χ3n) is 2.82. The van der Waals surface area contributed by atoms with Crippen LogP contribution in [0.1, 0.15) is 19.8 Å². The Bertz CT molecular complexity index is 271. The normalized spacial score (nSPS) is 20.9. The number of urea groups is 1. The van der Waals surface area contributed by atoms with Crippen LogP contribution < -0.4 is 10.6 Å². The molecule has 1 rings (SSSR count). The Morgan fingerprint density at radius 2 is 2.24 bits per heavy atom. The molecular formula is C11H21N3O3. The molecule has 17 heavy (non-hydrogen) atoms. The van der Waals surface area contributed by atoms with Crippen LogP contribution in [0.2, 0.25) is 0 Å². The standard InChI is InChI=1S/C11H21N3O3/c1-2-12-11(17)13-10(16)7-14-5-3-4-9(6-14)8-15/h9,15H,2-8H2,1H3,(H2,12,13,16,17). The summed E-state index contributed by atoms with van der Waals surface area (Å²) in [6.07, 6.45) is 1.99. The summed E-state index contributed by atoms with van der Waals surface area (Å²) in [6.45, 7) is 4.23. The van der Waals surface area contributed by atoms with Crippen LogP contribution in [-0.2, 0) is 4.79 Å². The van der Waals surface area contributed by atoms with E-state index in [2.05, 4.69) is 10.6 Å². The van der Waals surface area contributed by atoms with E-state index in [0.717, 1.165) is 25.9 Å². The highest BCUT2D eigenvalue weighted by atomic mass is 16.3. The molecule has 0 aromatic carbocycles. The Balaban J connectivity index is 2.28. The van der Waals surface area contributed by atoms with Crippen LogP contribution in [0.3, 0.4) is 0 Å². The van der Waals surface area contributed by atoms with Crippen molar-refractivity contribution >= 4 is 11.9 Å². The molecule has 6 nitrogen and oxygen atoms in total. The zero-order chi connectivity index (χ0) is 12.7. The molecule has 0 bridgehead atoms. The van der Waals surface area contributed by atoms with Crippen molar-refractivity contribution in [3.63, 3.8) is 0 Å². The van der Waals surface area contributed by atoms with Gasteiger partial charge in [-0.25, -0.2) is 4.79 Å². The molecule has 3 N–H and O–H groups in total. The van der Waals surface area contributed by atoms with Gasteiger partial charge >= 0.3 is 6.03 Å². The molecule has 0 spiro atoms. The minimum Gasteiger partial charge on any atom is -0.396 e. The number of carbonyl (C=O) groups is 2. The van der Waals surface area contributed by atoms with Crippen molar-refractivity contribution in [2.75, 3.05) is 32.8 Å². The van der Waals surface area contributed by atoms with E-state index in [-0.39, 0.29) is 25.0 Å². The second-order valence-corrected chi connectivity index (χ2v) is 4.33. The van der Waals surface area contributed by atoms with E-state index < -0.39 is 6.03 Å². The van der Waals surface area contributed by atoms with E-state index in [1.165, 1.54) is 0 Å². The Morgan fingerprint density at radius 1 is 1.47 bits per heavy atom. The zero-order valence-corrected chi connectivity index (χ0v) is 10.2. The predicted molar refractivity (Wildman–Crippen MR) is 63.5 cm³/mol. The van der Waals surface area contributed by atoms with E-state index in [1.807, 2.05) is 4.90 Å². The molecule has 1 atom stereocenters. The quantitative estimate of drug-likeness (QED) is 0.624. The van der Waals surface area contributed by atoms with Crippen molar-refractivity contribution in [2.45, 2.75) is 19.8 Å². The number of hydrogen-bond donors (Lipinski definition) is 3. The number of amides is 3. The number of aliphatic hydroxyl groups excluding tert-OH is 1. The van der Waals surface area contributed by atoms with Crippen LogP contribution in [0.5, 0.6) is 0 Å². The number of piperidine rings is 1. The molecule has 1 heterocycles. The second-order valence-electron chi connectivity index (χ2n) is 4.33. The van der Waals surface area contributed by atoms with Crippen molar-refractivity contribution < 1.29 is 14.7 Å². The van der Waals surface area contributed by atoms with Gasteiger partial charge in [0, 0.05) is 19.7 Å². The fourth-order valence-electron chi connectivity index (χ4n) is 2.02. The molecule has 0 saturated carbocycles. The number of nitrogens with zero attached hydrogens (tertiary/aromatic N) is 1. The zero-order valence-electron chi connectivity index (χ0n) is 10.2. The van der Waals surface area contributed by atoms with Gasteiger partial charge in [0.05, 0.1) is 6.54 Å². The van der Waals surface area contributed by atoms with Crippen molar-refractivity contribution in [1.82, 2.24) is 15.5 Å². The fourth-order valence-corrected chi connectivity index (χ4v) is 2.02. The van der Waals surface area contributed by atoms with E-state index in [0.29, 0.717) is 6.54 Å². The molecule has 1 fully saturated rings. The average molecular weight is 243 g/mol. The molecule has 1 saturated heterocycles. The summed E-state index contributed by atoms with van der Waals surface area (Å²) < 4.78 is 0. The summed E-state index contributed by atoms with van der Waals surface area (Å²) in [5, 5.41) is 13.8. The lowest BCUT2D eigenvalue weighted by Crippen LogP contribution is -2.47. The maximum Gasteiger partial charge on any atom is 0.321 e. The molecule has 98 valence electrons. The number of imide groups is 1. The molecule has 0 aliphatic carbocycles. The van der Waals surface area contributed by atoms with Crippen LogP contribution in [-0.4, -0.2) is 54.7 Å². The van der Waals surface area contributed by atoms with Crippen molar-refractivity contribution in [2.24, 2.45) is 5.92 Å². The number of hydrogen-bond acceptors (Lipinski definition) is 4. The van der Waals surface area contributed by atoms with Crippen molar-refractivity contribution in [1.29, 1.82) is 0 Å². The number of nitrogens with one attached hydrogen (secondary N) is 2. The first-order chi connectivity index (χ1) is 8.15. The van der Waals surface area contributed by atoms with Crippen LogP contribution in [0.15, 0.2) is 0 Å². The summed E-state index contributed by atoms with van der Waals surface area (Å²) in [5.74, 6) is -0.0458. The first kappa shape index (κ1) is 13.9. The summed E-state index contributed by atoms with van der Waals surface area (Å²) in [4.78, 5) is 24.6. The lowest BCUT2D eigenvalue weighted by Gasteiger charge is -2.30. The number of carbonyl (C=O) groups excluding carboxylic acids is 2. The third kappa shape index (κ3) is 5.14. The molecule has 1 aliphatic heterocycles. The monoisotopic (exact) mass is 243 g/mol. The van der Waals surface area contributed by atoms with Crippen molar-refractivity contribution in [3.8, 4) is 0 Å². The van der Waals surface area contributed by atoms with E-state index in [9.17, 15) is 9.59 Å². The SMILES string of the molecule is CCNC(=O)NC(=O)CN1CCCC(CO)C1. The maximum absolute atomic E-state index is 11.5. The smallest absolute Gasteiger partial charge is 0.321 e. The van der Waals surface area contributed by atoms with E-state index in [4.69, 9.17) is 5.11 Å². The number of rotatable bonds is 4. The Morgan fingerprint density at radius 3 is 2.88 bits per heavy atom. The van der Waals surface area contributed by atoms with E-state index >= 15 is 0 Å². The Kier molecular flexibility index (Phi) is 5.93. The second kappa shape index (κ2) is 7.24. The molecule has 0 radical (unpaired) electrons. The molecule has 3 amide bonds. The highest BCUT2D eigenvalue weighted by Gasteiger charge is 2.21. The van der Waals surface area contributed by atoms with Gasteiger partial charge in [0.25, 0.3) is 0 Å². The largest absolute Gasteiger partial charge is 0.396 e. The maximum atomic E-state index is 11.5. The highest BCUT2D eigenvalue weighted by molar-refractivity contribution is 5.95. The number of aliphatic hydroxyl groups is 1. The summed E-state index contributed by atoms with van der Waals surface area (Å²) >= 11 is 0. The van der Waals surface area contributed by atoms with Gasteiger partial charge in [-0.15, -0.1) is 0 Å². The van der Waals surface area contributed by atoms with Crippen LogP contribution in [0.4, 0.5) is 4.79 Å². The van der Waals surface area contributed by atoms with Gasteiger partial charge in [-0.3, -0.25) is 15.0 Å². The van der Waals surface area contributed by atoms with Crippen molar-refractivity contribution in [3.05, 3.63) is 0 Å². The van der Waals surface area contributed by atoms with Gasteiger partial charge in [0.15, 0.2) is 0 Å². The first-order valence-electron chi connectivity index (χ1n) is 6.06. The lowest BCUT2D eigenvalue weighted by atomic mass is 9.99. The molecule has 1 unspecified atom stereocenters. The molecular weight excluding hydrogens is 222 g/mol. The van der Waals surface area contributed by atoms with Gasteiger partial charge < -0.3 is 10.4 Å².